The average Bonchev–Trinajstić information content (AvgIpc) is 3.15. The van der Waals surface area contributed by atoms with E-state index in [4.69, 9.17) is 0 Å². The van der Waals surface area contributed by atoms with Crippen molar-refractivity contribution in [1.29, 1.82) is 0 Å². The van der Waals surface area contributed by atoms with E-state index in [-0.39, 0.29) is 16.4 Å². The highest BCUT2D eigenvalue weighted by atomic mass is 32.2. The van der Waals surface area contributed by atoms with Crippen molar-refractivity contribution >= 4 is 27.6 Å². The molecule has 0 bridgehead atoms. The molecule has 0 saturated carbocycles. The molecule has 0 aliphatic carbocycles. The van der Waals surface area contributed by atoms with Gasteiger partial charge in [0.2, 0.25) is 10.0 Å². The van der Waals surface area contributed by atoms with Crippen molar-refractivity contribution in [2.75, 3.05) is 18.8 Å². The summed E-state index contributed by atoms with van der Waals surface area (Å²) in [6, 6.07) is 10.7. The molecule has 0 radical (unpaired) electrons. The summed E-state index contributed by atoms with van der Waals surface area (Å²) in [7, 11) is -1.76. The molecule has 176 valence electrons. The van der Waals surface area contributed by atoms with Gasteiger partial charge in [0.25, 0.3) is 0 Å². The largest absolute Gasteiger partial charge is 0.305 e. The molecule has 0 amide bonds. The molecule has 1 heterocycles. The molecular formula is C24H30N4O3S2. The van der Waals surface area contributed by atoms with Crippen molar-refractivity contribution < 1.29 is 13.2 Å². The van der Waals surface area contributed by atoms with Gasteiger partial charge in [-0.2, -0.15) is 4.31 Å². The van der Waals surface area contributed by atoms with Gasteiger partial charge in [-0.05, 0) is 55.7 Å². The van der Waals surface area contributed by atoms with Gasteiger partial charge in [0.15, 0.2) is 16.8 Å². The van der Waals surface area contributed by atoms with Crippen molar-refractivity contribution in [3.8, 4) is 11.4 Å². The lowest BCUT2D eigenvalue weighted by Gasteiger charge is -2.18. The summed E-state index contributed by atoms with van der Waals surface area (Å²) in [4.78, 5) is 13.0. The minimum absolute atomic E-state index is 0.0393. The highest BCUT2D eigenvalue weighted by molar-refractivity contribution is 7.99. The predicted molar refractivity (Wildman–Crippen MR) is 132 cm³/mol. The number of benzene rings is 2. The summed E-state index contributed by atoms with van der Waals surface area (Å²) < 4.78 is 29.0. The average molecular weight is 487 g/mol. The molecule has 0 atom stereocenters. The fourth-order valence-corrected chi connectivity index (χ4v) is 5.97. The van der Waals surface area contributed by atoms with E-state index in [0.717, 1.165) is 16.7 Å². The first kappa shape index (κ1) is 25.1. The number of aromatic nitrogens is 3. The summed E-state index contributed by atoms with van der Waals surface area (Å²) in [5.41, 5.74) is 4.60. The van der Waals surface area contributed by atoms with Crippen molar-refractivity contribution in [1.82, 2.24) is 19.1 Å². The number of sulfonamides is 1. The van der Waals surface area contributed by atoms with E-state index in [1.54, 1.807) is 22.8 Å². The van der Waals surface area contributed by atoms with Crippen LogP contribution in [-0.4, -0.2) is 52.1 Å². The van der Waals surface area contributed by atoms with Crippen molar-refractivity contribution in [2.45, 2.75) is 44.7 Å². The first-order valence-corrected chi connectivity index (χ1v) is 13.3. The Morgan fingerprint density at radius 3 is 2.33 bits per heavy atom. The summed E-state index contributed by atoms with van der Waals surface area (Å²) in [6.45, 7) is 10.4. The van der Waals surface area contributed by atoms with Crippen LogP contribution in [0.1, 0.15) is 40.9 Å². The Morgan fingerprint density at radius 1 is 1.00 bits per heavy atom. The van der Waals surface area contributed by atoms with Crippen molar-refractivity contribution in [3.05, 3.63) is 58.7 Å². The number of carbonyl (C=O) groups is 1. The Bertz CT molecular complexity index is 1280. The molecule has 0 aliphatic rings. The van der Waals surface area contributed by atoms with Gasteiger partial charge >= 0.3 is 0 Å². The lowest BCUT2D eigenvalue weighted by atomic mass is 9.99. The number of hydrogen-bond acceptors (Lipinski definition) is 6. The van der Waals surface area contributed by atoms with Gasteiger partial charge in [0.05, 0.1) is 10.6 Å². The van der Waals surface area contributed by atoms with Gasteiger partial charge in [-0.25, -0.2) is 8.42 Å². The van der Waals surface area contributed by atoms with Crippen molar-refractivity contribution in [3.63, 3.8) is 0 Å². The van der Waals surface area contributed by atoms with Crippen LogP contribution in [0.2, 0.25) is 0 Å². The number of thioether (sulfide) groups is 1. The standard InChI is InChI=1S/C24H30N4O3S2/c1-7-28(8-2)33(30,31)20-11-9-10-19(14-20)23-25-26-24(27(23)6)32-15-22(29)21-13-17(4)16(3)12-18(21)5/h9-14H,7-8,15H2,1-6H3. The van der Waals surface area contributed by atoms with Crippen LogP contribution in [0.4, 0.5) is 0 Å². The number of nitrogens with zero attached hydrogens (tertiary/aromatic N) is 4. The zero-order chi connectivity index (χ0) is 24.3. The molecular weight excluding hydrogens is 456 g/mol. The summed E-state index contributed by atoms with van der Waals surface area (Å²) >= 11 is 1.32. The molecule has 0 N–H and O–H groups in total. The van der Waals surface area contributed by atoms with E-state index >= 15 is 0 Å². The van der Waals surface area contributed by atoms with Gasteiger partial charge < -0.3 is 4.57 Å². The third-order valence-corrected chi connectivity index (χ3v) is 8.81. The number of Topliss-reactive ketones (excluding diaryl/α,β-unsaturated/α-hetero) is 1. The van der Waals surface area contributed by atoms with Crippen LogP contribution in [0.15, 0.2) is 46.5 Å². The van der Waals surface area contributed by atoms with Gasteiger partial charge in [-0.3, -0.25) is 4.79 Å². The summed E-state index contributed by atoms with van der Waals surface area (Å²) in [5, 5.41) is 9.09. The first-order valence-electron chi connectivity index (χ1n) is 10.8. The molecule has 1 aromatic heterocycles. The highest BCUT2D eigenvalue weighted by Crippen LogP contribution is 2.27. The van der Waals surface area contributed by atoms with Crippen molar-refractivity contribution in [2.24, 2.45) is 7.05 Å². The fourth-order valence-electron chi connectivity index (χ4n) is 3.67. The van der Waals surface area contributed by atoms with Gasteiger partial charge in [0, 0.05) is 31.3 Å². The molecule has 7 nitrogen and oxygen atoms in total. The molecule has 0 unspecified atom stereocenters. The van der Waals surface area contributed by atoms with Gasteiger partial charge in [0.1, 0.15) is 0 Å². The number of rotatable bonds is 9. The monoisotopic (exact) mass is 486 g/mol. The second-order valence-corrected chi connectivity index (χ2v) is 10.8. The van der Waals surface area contributed by atoms with E-state index in [1.165, 1.54) is 21.6 Å². The third-order valence-electron chi connectivity index (χ3n) is 5.74. The number of ketones is 1. The maximum absolute atomic E-state index is 12.9. The van der Waals surface area contributed by atoms with Crippen LogP contribution < -0.4 is 0 Å². The Morgan fingerprint density at radius 2 is 1.67 bits per heavy atom. The number of aryl methyl sites for hydroxylation is 3. The Balaban J connectivity index is 1.82. The minimum Gasteiger partial charge on any atom is -0.305 e. The molecule has 0 saturated heterocycles. The molecule has 33 heavy (non-hydrogen) atoms. The smallest absolute Gasteiger partial charge is 0.243 e. The zero-order valence-corrected chi connectivity index (χ0v) is 21.5. The van der Waals surface area contributed by atoms with Crippen LogP contribution in [0.3, 0.4) is 0 Å². The lowest BCUT2D eigenvalue weighted by molar-refractivity contribution is 0.102. The third kappa shape index (κ3) is 5.20. The Kier molecular flexibility index (Phi) is 7.76. The fraction of sp³-hybridized carbons (Fsp3) is 0.375. The number of carbonyl (C=O) groups excluding carboxylic acids is 1. The van der Waals surface area contributed by atoms with Gasteiger partial charge in [-0.15, -0.1) is 10.2 Å². The molecule has 9 heteroatoms. The Labute approximate surface area is 200 Å². The SMILES string of the molecule is CCN(CC)S(=O)(=O)c1cccc(-c2nnc(SCC(=O)c3cc(C)c(C)cc3C)n2C)c1. The van der Waals surface area contributed by atoms with E-state index in [9.17, 15) is 13.2 Å². The molecule has 2 aromatic carbocycles. The quantitative estimate of drug-likeness (QED) is 0.329. The Hall–Kier alpha value is -2.49. The molecule has 3 aromatic rings. The number of hydrogen-bond donors (Lipinski definition) is 0. The molecule has 0 aliphatic heterocycles. The zero-order valence-electron chi connectivity index (χ0n) is 19.9. The summed E-state index contributed by atoms with van der Waals surface area (Å²) in [6.07, 6.45) is 0. The van der Waals surface area contributed by atoms with E-state index in [0.29, 0.717) is 29.6 Å². The van der Waals surface area contributed by atoms with E-state index in [1.807, 2.05) is 59.9 Å². The van der Waals surface area contributed by atoms with Crippen LogP contribution in [0.5, 0.6) is 0 Å². The van der Waals surface area contributed by atoms with Gasteiger partial charge in [-0.1, -0.05) is 43.8 Å². The maximum Gasteiger partial charge on any atom is 0.243 e. The highest BCUT2D eigenvalue weighted by Gasteiger charge is 2.23. The molecule has 0 spiro atoms. The van der Waals surface area contributed by atoms with E-state index in [2.05, 4.69) is 10.2 Å². The summed E-state index contributed by atoms with van der Waals surface area (Å²) in [5.74, 6) is 0.826. The topological polar surface area (TPSA) is 85.2 Å². The van der Waals surface area contributed by atoms with Crippen LogP contribution in [0, 0.1) is 20.8 Å². The minimum atomic E-state index is -3.57. The maximum atomic E-state index is 12.9. The van der Waals surface area contributed by atoms with Crippen LogP contribution in [0.25, 0.3) is 11.4 Å². The predicted octanol–water partition coefficient (Wildman–Crippen LogP) is 4.41. The molecule has 0 fully saturated rings. The van der Waals surface area contributed by atoms with Crippen LogP contribution >= 0.6 is 11.8 Å². The second-order valence-electron chi connectivity index (χ2n) is 7.95. The van der Waals surface area contributed by atoms with Crippen LogP contribution in [-0.2, 0) is 17.1 Å². The lowest BCUT2D eigenvalue weighted by Crippen LogP contribution is -2.30. The molecule has 3 rings (SSSR count). The van der Waals surface area contributed by atoms with E-state index < -0.39 is 10.0 Å². The first-order chi connectivity index (χ1) is 15.6. The second kappa shape index (κ2) is 10.2. The normalized spacial score (nSPS) is 11.8.